The molecular weight excluding hydrogens is 922 g/mol. The first-order valence-electron chi connectivity index (χ1n) is 13.7. The molecule has 8 heteroatoms. The molecule has 0 saturated carbocycles. The van der Waals surface area contributed by atoms with Gasteiger partial charge in [-0.2, -0.15) is 0 Å². The summed E-state index contributed by atoms with van der Waals surface area (Å²) >= 11 is 0. The summed E-state index contributed by atoms with van der Waals surface area (Å²) in [5, 5.41) is 0. The zero-order chi connectivity index (χ0) is 29.4. The molecule has 8 rings (SSSR count). The molecule has 0 saturated heterocycles. The van der Waals surface area contributed by atoms with Crippen molar-refractivity contribution in [1.82, 2.24) is 29.9 Å². The van der Waals surface area contributed by atoms with E-state index in [-0.39, 0.29) is 44.8 Å². The van der Waals surface area contributed by atoms with Crippen LogP contribution in [0.4, 0.5) is 0 Å². The summed E-state index contributed by atoms with van der Waals surface area (Å²) in [5.41, 5.74) is 12.4. The smallest absolute Gasteiger partial charge is 0.366 e. The van der Waals surface area contributed by atoms with Gasteiger partial charge in [0.2, 0.25) is 0 Å². The van der Waals surface area contributed by atoms with Crippen molar-refractivity contribution in [1.29, 1.82) is 0 Å². The summed E-state index contributed by atoms with van der Waals surface area (Å²) in [4.78, 5) is 23.2. The summed E-state index contributed by atoms with van der Waals surface area (Å²) in [6.45, 7) is 0. The molecule has 224 valence electrons. The van der Waals surface area contributed by atoms with Gasteiger partial charge in [0.05, 0.1) is 6.42 Å². The van der Waals surface area contributed by atoms with E-state index < -0.39 is 0 Å². The number of aromatic nitrogens is 6. The first-order valence-corrected chi connectivity index (χ1v) is 13.7. The molecule has 2 heterocycles. The second-order valence-corrected chi connectivity index (χ2v) is 9.95. The second-order valence-electron chi connectivity index (χ2n) is 9.95. The third kappa shape index (κ3) is 7.97. The van der Waals surface area contributed by atoms with Crippen LogP contribution in [-0.2, 0) is 64.0 Å². The monoisotopic (exact) mass is 946 g/mol. The van der Waals surface area contributed by atoms with Gasteiger partial charge in [0.1, 0.15) is 37.0 Å². The Hall–Kier alpha value is -4.50. The van der Waals surface area contributed by atoms with E-state index >= 15 is 0 Å². The van der Waals surface area contributed by atoms with E-state index in [0.717, 1.165) is 24.0 Å². The van der Waals surface area contributed by atoms with Gasteiger partial charge in [0, 0.05) is 0 Å². The normalized spacial score (nSPS) is 10.6. The Bertz CT molecular complexity index is 1840. The molecule has 0 fully saturated rings. The van der Waals surface area contributed by atoms with E-state index in [9.17, 15) is 0 Å². The van der Waals surface area contributed by atoms with Crippen LogP contribution in [0.25, 0.3) is 22.3 Å². The molecule has 0 amide bonds. The number of nitrogens with zero attached hydrogens (tertiary/aromatic N) is 6. The summed E-state index contributed by atoms with van der Waals surface area (Å²) in [5.74, 6) is 6.17. The van der Waals surface area contributed by atoms with Crippen molar-refractivity contribution in [2.45, 2.75) is 19.3 Å². The van der Waals surface area contributed by atoms with Crippen LogP contribution in [0.2, 0.25) is 0 Å². The van der Waals surface area contributed by atoms with Crippen LogP contribution in [0.15, 0.2) is 110 Å². The second kappa shape index (κ2) is 16.0. The topological polar surface area (TPSA) is 77.3 Å². The minimum absolute atomic E-state index is 0. The number of hydrogen-bond acceptors (Lipinski definition) is 6. The van der Waals surface area contributed by atoms with Gasteiger partial charge < -0.3 is 12.8 Å². The molecule has 6 nitrogen and oxygen atoms in total. The number of benzene rings is 4. The number of fused-ring (bicyclic) bond motifs is 6. The average molecular weight is 947 g/mol. The van der Waals surface area contributed by atoms with Crippen molar-refractivity contribution in [2.75, 3.05) is 0 Å². The van der Waals surface area contributed by atoms with E-state index in [1.54, 1.807) is 0 Å². The maximum Gasteiger partial charge on any atom is 1.00 e. The van der Waals surface area contributed by atoms with Gasteiger partial charge in [-0.1, -0.05) is 71.8 Å². The van der Waals surface area contributed by atoms with Gasteiger partial charge in [0.15, 0.2) is 0 Å². The molecule has 45 heavy (non-hydrogen) atoms. The van der Waals surface area contributed by atoms with E-state index in [4.69, 9.17) is 12.8 Å². The zero-order valence-electron chi connectivity index (χ0n) is 23.8. The van der Waals surface area contributed by atoms with E-state index in [0.29, 0.717) is 18.1 Å². The van der Waals surface area contributed by atoms with Crippen LogP contribution >= 0.6 is 0 Å². The summed E-state index contributed by atoms with van der Waals surface area (Å²) in [7, 11) is 0. The maximum atomic E-state index is 7.12. The first-order chi connectivity index (χ1) is 21.2. The fourth-order valence-corrected chi connectivity index (χ4v) is 5.30. The average Bonchev–Trinajstić information content (AvgIpc) is 3.63. The van der Waals surface area contributed by atoms with Crippen molar-refractivity contribution >= 4 is 0 Å². The molecule has 0 spiro atoms. The SMILES string of the molecule is [Au+].[Au+].[C-]#Cc1ccc2c(c1)Cc1ccccc1-2.[C-]#Cc1ccc2c(c1)Cc1ccccc1-2.c1ncnc(Cc2ncncn2)n1. The Balaban J connectivity index is 0.000000151. The van der Waals surface area contributed by atoms with E-state index in [1.807, 2.05) is 12.1 Å². The summed E-state index contributed by atoms with van der Waals surface area (Å²) in [6, 6.07) is 29.2. The van der Waals surface area contributed by atoms with Crippen LogP contribution in [0.3, 0.4) is 0 Å². The van der Waals surface area contributed by atoms with Gasteiger partial charge in [0.25, 0.3) is 0 Å². The molecule has 0 radical (unpaired) electrons. The molecule has 2 aliphatic rings. The molecule has 2 aromatic heterocycles. The molecular formula is C37H24Au2N6. The van der Waals surface area contributed by atoms with Crippen LogP contribution in [0, 0.1) is 24.7 Å². The predicted octanol–water partition coefficient (Wildman–Crippen LogP) is 6.03. The summed E-state index contributed by atoms with van der Waals surface area (Å²) in [6.07, 6.45) is 22.5. The zero-order valence-corrected chi connectivity index (χ0v) is 28.1. The minimum Gasteiger partial charge on any atom is -0.366 e. The van der Waals surface area contributed by atoms with Crippen LogP contribution < -0.4 is 0 Å². The Morgan fingerprint density at radius 1 is 0.489 bits per heavy atom. The van der Waals surface area contributed by atoms with Crippen molar-refractivity contribution in [2.24, 2.45) is 0 Å². The number of rotatable bonds is 2. The Morgan fingerprint density at radius 3 is 1.27 bits per heavy atom. The molecule has 4 aromatic carbocycles. The molecule has 0 N–H and O–H groups in total. The third-order valence-electron chi connectivity index (χ3n) is 7.29. The quantitative estimate of drug-likeness (QED) is 0.120. The van der Waals surface area contributed by atoms with Gasteiger partial charge in [-0.25, -0.2) is 29.9 Å². The van der Waals surface area contributed by atoms with Crippen LogP contribution in [0.1, 0.15) is 45.0 Å². The Kier molecular flexibility index (Phi) is 11.9. The standard InChI is InChI=1S/2C15H9.C7H6N6.2Au/c2*1-2-11-7-8-15-13(9-11)10-12-5-3-4-6-14(12)15;1(6-10-2-8-3-11-6)7-12-4-9-5-13-7;;/h2*3-9H,10H2;2-5H,1H2;;/q2*-1;;2*+1. The Labute approximate surface area is 294 Å². The predicted molar refractivity (Wildman–Crippen MR) is 164 cm³/mol. The van der Waals surface area contributed by atoms with E-state index in [1.165, 1.54) is 69.8 Å². The van der Waals surface area contributed by atoms with Gasteiger partial charge in [-0.3, -0.25) is 11.8 Å². The molecule has 0 aliphatic heterocycles. The molecule has 2 aliphatic carbocycles. The van der Waals surface area contributed by atoms with Crippen molar-refractivity contribution in [3.8, 4) is 34.1 Å². The van der Waals surface area contributed by atoms with E-state index in [2.05, 4.69) is 115 Å². The maximum absolute atomic E-state index is 7.12. The fourth-order valence-electron chi connectivity index (χ4n) is 5.30. The molecule has 6 aromatic rings. The Morgan fingerprint density at radius 2 is 0.867 bits per heavy atom. The van der Waals surface area contributed by atoms with Gasteiger partial charge >= 0.3 is 44.8 Å². The first kappa shape index (κ1) is 33.4. The van der Waals surface area contributed by atoms with Crippen LogP contribution in [0.5, 0.6) is 0 Å². The van der Waals surface area contributed by atoms with Gasteiger partial charge in [-0.15, -0.1) is 35.4 Å². The fraction of sp³-hybridized carbons (Fsp3) is 0.0811. The van der Waals surface area contributed by atoms with Crippen LogP contribution in [-0.4, -0.2) is 29.9 Å². The summed E-state index contributed by atoms with van der Waals surface area (Å²) < 4.78 is 0. The minimum atomic E-state index is 0. The molecule has 0 unspecified atom stereocenters. The van der Waals surface area contributed by atoms with Crippen molar-refractivity contribution in [3.63, 3.8) is 0 Å². The number of hydrogen-bond donors (Lipinski definition) is 0. The molecule has 0 bridgehead atoms. The van der Waals surface area contributed by atoms with Gasteiger partial charge in [-0.05, 0) is 46.2 Å². The van der Waals surface area contributed by atoms with Crippen molar-refractivity contribution < 1.29 is 44.8 Å². The van der Waals surface area contributed by atoms with Crippen molar-refractivity contribution in [3.05, 3.63) is 168 Å². The molecule has 0 atom stereocenters. The largest absolute Gasteiger partial charge is 1.00 e. The third-order valence-corrected chi connectivity index (χ3v) is 7.29.